The second kappa shape index (κ2) is 7.42. The summed E-state index contributed by atoms with van der Waals surface area (Å²) in [7, 11) is -1.68. The van der Waals surface area contributed by atoms with Crippen LogP contribution < -0.4 is 0 Å². The van der Waals surface area contributed by atoms with E-state index in [1.54, 1.807) is 11.8 Å². The molecule has 0 bridgehead atoms. The monoisotopic (exact) mass is 263 g/mol. The molecule has 0 saturated carbocycles. The first-order chi connectivity index (χ1) is 7.90. The van der Waals surface area contributed by atoms with Gasteiger partial charge < -0.3 is 10.0 Å². The molecule has 6 heteroatoms. The van der Waals surface area contributed by atoms with E-state index in [9.17, 15) is 13.8 Å². The Balaban J connectivity index is 4.80. The minimum atomic E-state index is -1.68. The van der Waals surface area contributed by atoms with Gasteiger partial charge in [-0.2, -0.15) is 0 Å². The second-order valence-electron chi connectivity index (χ2n) is 3.72. The van der Waals surface area contributed by atoms with Crippen molar-refractivity contribution in [1.82, 2.24) is 4.90 Å². The maximum atomic E-state index is 12.0. The molecule has 17 heavy (non-hydrogen) atoms. The fourth-order valence-electron chi connectivity index (χ4n) is 1.58. The van der Waals surface area contributed by atoms with Crippen molar-refractivity contribution in [3.05, 3.63) is 0 Å². The molecule has 0 aromatic heterocycles. The molecule has 0 fully saturated rings. The molecular weight excluding hydrogens is 242 g/mol. The lowest BCUT2D eigenvalue weighted by Crippen LogP contribution is -2.43. The summed E-state index contributed by atoms with van der Waals surface area (Å²) >= 11 is 0. The molecule has 1 amide bonds. The maximum Gasteiger partial charge on any atom is 0.319 e. The molecule has 0 aliphatic heterocycles. The summed E-state index contributed by atoms with van der Waals surface area (Å²) in [5.74, 6) is -1.35. The molecule has 100 valence electrons. The van der Waals surface area contributed by atoms with Crippen molar-refractivity contribution in [2.45, 2.75) is 44.6 Å². The molecule has 3 atom stereocenters. The Morgan fingerprint density at radius 2 is 1.71 bits per heavy atom. The van der Waals surface area contributed by atoms with Crippen molar-refractivity contribution < 1.29 is 18.9 Å². The van der Waals surface area contributed by atoms with E-state index in [1.165, 1.54) is 6.92 Å². The van der Waals surface area contributed by atoms with Crippen molar-refractivity contribution in [2.75, 3.05) is 13.1 Å². The zero-order chi connectivity index (χ0) is 13.6. The van der Waals surface area contributed by atoms with Crippen LogP contribution in [-0.4, -0.2) is 49.7 Å². The summed E-state index contributed by atoms with van der Waals surface area (Å²) in [6.45, 7) is 7.95. The Kier molecular flexibility index (Phi) is 7.03. The van der Waals surface area contributed by atoms with Crippen LogP contribution >= 0.6 is 0 Å². The first-order valence-corrected chi connectivity index (χ1v) is 7.09. The van der Waals surface area contributed by atoms with Gasteiger partial charge in [0.05, 0.1) is 0 Å². The summed E-state index contributed by atoms with van der Waals surface area (Å²) in [5, 5.41) is 7.17. The van der Waals surface area contributed by atoms with Crippen LogP contribution in [0.5, 0.6) is 0 Å². The number of carboxylic acids is 1. The molecule has 0 rings (SSSR count). The predicted molar refractivity (Wildman–Crippen MR) is 67.2 cm³/mol. The Hall–Kier alpha value is -0.910. The molecule has 0 spiro atoms. The van der Waals surface area contributed by atoms with Crippen LogP contribution in [0.2, 0.25) is 0 Å². The third-order valence-electron chi connectivity index (χ3n) is 2.70. The third kappa shape index (κ3) is 4.11. The molecule has 0 saturated heterocycles. The summed E-state index contributed by atoms with van der Waals surface area (Å²) in [6, 6.07) is 0. The molecule has 1 N–H and O–H groups in total. The Morgan fingerprint density at radius 3 is 2.00 bits per heavy atom. The van der Waals surface area contributed by atoms with E-state index in [1.807, 2.05) is 13.8 Å². The standard InChI is InChI=1S/C11H21NO4S/c1-5-9(11(14)15)17(16)8(4)10(13)12(6-2)7-3/h8-9H,5-7H2,1-4H3,(H,14,15). The number of hydrogen-bond donors (Lipinski definition) is 1. The van der Waals surface area contributed by atoms with Gasteiger partial charge in [-0.1, -0.05) is 6.92 Å². The number of aliphatic carboxylic acids is 1. The largest absolute Gasteiger partial charge is 0.480 e. The highest BCUT2D eigenvalue weighted by atomic mass is 32.2. The number of nitrogens with zero attached hydrogens (tertiary/aromatic N) is 1. The van der Waals surface area contributed by atoms with Gasteiger partial charge in [0.25, 0.3) is 0 Å². The van der Waals surface area contributed by atoms with Crippen molar-refractivity contribution in [3.63, 3.8) is 0 Å². The highest BCUT2D eigenvalue weighted by Gasteiger charge is 2.32. The summed E-state index contributed by atoms with van der Waals surface area (Å²) in [4.78, 5) is 24.4. The van der Waals surface area contributed by atoms with Crippen LogP contribution in [-0.2, 0) is 20.4 Å². The molecule has 3 unspecified atom stereocenters. The number of carbonyl (C=O) groups excluding carboxylic acids is 1. The maximum absolute atomic E-state index is 12.0. The highest BCUT2D eigenvalue weighted by molar-refractivity contribution is 7.87. The molecular formula is C11H21NO4S. The van der Waals surface area contributed by atoms with Crippen LogP contribution in [0.1, 0.15) is 34.1 Å². The highest BCUT2D eigenvalue weighted by Crippen LogP contribution is 2.11. The minimum absolute atomic E-state index is 0.243. The molecule has 0 aromatic rings. The van der Waals surface area contributed by atoms with Crippen LogP contribution in [0, 0.1) is 0 Å². The number of carboxylic acid groups (broad SMARTS) is 1. The molecule has 0 heterocycles. The Labute approximate surface area is 105 Å². The molecule has 0 aromatic carbocycles. The molecule has 0 aliphatic rings. The van der Waals surface area contributed by atoms with E-state index in [2.05, 4.69) is 0 Å². The first kappa shape index (κ1) is 16.1. The van der Waals surface area contributed by atoms with E-state index in [4.69, 9.17) is 5.11 Å². The van der Waals surface area contributed by atoms with Gasteiger partial charge in [0.2, 0.25) is 5.91 Å². The number of carbonyl (C=O) groups is 2. The van der Waals surface area contributed by atoms with Gasteiger partial charge in [-0.15, -0.1) is 0 Å². The molecule has 5 nitrogen and oxygen atoms in total. The lowest BCUT2D eigenvalue weighted by Gasteiger charge is -2.23. The van der Waals surface area contributed by atoms with Gasteiger partial charge in [-0.3, -0.25) is 13.8 Å². The number of hydrogen-bond acceptors (Lipinski definition) is 3. The zero-order valence-corrected chi connectivity index (χ0v) is 11.6. The van der Waals surface area contributed by atoms with E-state index in [0.717, 1.165) is 0 Å². The summed E-state index contributed by atoms with van der Waals surface area (Å²) < 4.78 is 12.0. The number of rotatable bonds is 7. The van der Waals surface area contributed by atoms with Crippen molar-refractivity contribution in [2.24, 2.45) is 0 Å². The fourth-order valence-corrected chi connectivity index (χ4v) is 2.94. The fraction of sp³-hybridized carbons (Fsp3) is 0.818. The van der Waals surface area contributed by atoms with Gasteiger partial charge in [-0.05, 0) is 27.2 Å². The van der Waals surface area contributed by atoms with Crippen LogP contribution in [0.4, 0.5) is 0 Å². The van der Waals surface area contributed by atoms with Gasteiger partial charge in [-0.25, -0.2) is 0 Å². The summed E-state index contributed by atoms with van der Waals surface area (Å²) in [5.41, 5.74) is 0. The topological polar surface area (TPSA) is 74.7 Å². The minimum Gasteiger partial charge on any atom is -0.480 e. The van der Waals surface area contributed by atoms with Crippen molar-refractivity contribution in [1.29, 1.82) is 0 Å². The van der Waals surface area contributed by atoms with Crippen LogP contribution in [0.25, 0.3) is 0 Å². The van der Waals surface area contributed by atoms with E-state index < -0.39 is 27.3 Å². The average molecular weight is 263 g/mol. The van der Waals surface area contributed by atoms with E-state index in [-0.39, 0.29) is 12.3 Å². The quantitative estimate of drug-likeness (QED) is 0.739. The SMILES string of the molecule is CCC(C(=O)O)S(=O)C(C)C(=O)N(CC)CC. The average Bonchev–Trinajstić information content (AvgIpc) is 2.29. The van der Waals surface area contributed by atoms with Gasteiger partial charge in [0.15, 0.2) is 0 Å². The van der Waals surface area contributed by atoms with Crippen molar-refractivity contribution in [3.8, 4) is 0 Å². The Bertz CT molecular complexity index is 302. The van der Waals surface area contributed by atoms with Gasteiger partial charge >= 0.3 is 5.97 Å². The smallest absolute Gasteiger partial charge is 0.319 e. The van der Waals surface area contributed by atoms with Crippen LogP contribution in [0.3, 0.4) is 0 Å². The van der Waals surface area contributed by atoms with Crippen LogP contribution in [0.15, 0.2) is 0 Å². The van der Waals surface area contributed by atoms with Gasteiger partial charge in [0.1, 0.15) is 10.5 Å². The zero-order valence-electron chi connectivity index (χ0n) is 10.8. The van der Waals surface area contributed by atoms with E-state index >= 15 is 0 Å². The predicted octanol–water partition coefficient (Wildman–Crippen LogP) is 0.855. The first-order valence-electron chi connectivity index (χ1n) is 5.81. The van der Waals surface area contributed by atoms with Gasteiger partial charge in [0, 0.05) is 23.9 Å². The summed E-state index contributed by atoms with van der Waals surface area (Å²) in [6.07, 6.45) is 0.262. The molecule has 0 radical (unpaired) electrons. The van der Waals surface area contributed by atoms with E-state index in [0.29, 0.717) is 13.1 Å². The second-order valence-corrected chi connectivity index (χ2v) is 5.65. The third-order valence-corrected chi connectivity index (χ3v) is 4.69. The Morgan fingerprint density at radius 1 is 1.24 bits per heavy atom. The number of amides is 1. The molecule has 0 aliphatic carbocycles. The lowest BCUT2D eigenvalue weighted by atomic mass is 10.3. The lowest BCUT2D eigenvalue weighted by molar-refractivity contribution is -0.136. The van der Waals surface area contributed by atoms with Crippen molar-refractivity contribution >= 4 is 22.7 Å². The normalized spacial score (nSPS) is 16.0.